The van der Waals surface area contributed by atoms with Crippen LogP contribution in [0.3, 0.4) is 0 Å². The number of fused-ring (bicyclic) bond motifs is 1. The molecule has 0 spiro atoms. The number of carbonyl (C=O) groups is 4. The Labute approximate surface area is 236 Å². The molecular formula is C29H33NO9S. The van der Waals surface area contributed by atoms with E-state index in [2.05, 4.69) is 5.32 Å². The Bertz CT molecular complexity index is 1340. The van der Waals surface area contributed by atoms with Crippen molar-refractivity contribution in [1.82, 2.24) is 5.32 Å². The fraction of sp³-hybridized carbons (Fsp3) is 0.448. The van der Waals surface area contributed by atoms with Gasteiger partial charge in [-0.25, -0.2) is 4.79 Å². The fourth-order valence-electron chi connectivity index (χ4n) is 4.82. The van der Waals surface area contributed by atoms with Crippen molar-refractivity contribution in [3.8, 4) is 17.2 Å². The summed E-state index contributed by atoms with van der Waals surface area (Å²) in [5, 5.41) is 11.1. The molecule has 1 saturated heterocycles. The van der Waals surface area contributed by atoms with E-state index in [0.29, 0.717) is 45.9 Å². The van der Waals surface area contributed by atoms with Crippen LogP contribution < -0.4 is 19.5 Å². The van der Waals surface area contributed by atoms with E-state index < -0.39 is 22.9 Å². The molecule has 2 N–H and O–H groups in total. The lowest BCUT2D eigenvalue weighted by Gasteiger charge is -2.37. The fourth-order valence-corrected chi connectivity index (χ4v) is 5.68. The first-order valence-corrected chi connectivity index (χ1v) is 13.8. The summed E-state index contributed by atoms with van der Waals surface area (Å²) < 4.78 is 23.3. The van der Waals surface area contributed by atoms with Gasteiger partial charge >= 0.3 is 5.97 Å². The molecule has 0 radical (unpaired) electrons. The van der Waals surface area contributed by atoms with Crippen molar-refractivity contribution in [2.75, 3.05) is 20.3 Å². The third-order valence-electron chi connectivity index (χ3n) is 7.12. The van der Waals surface area contributed by atoms with Gasteiger partial charge < -0.3 is 24.1 Å². The Kier molecular flexibility index (Phi) is 8.74. The summed E-state index contributed by atoms with van der Waals surface area (Å²) in [6, 6.07) is 7.24. The third kappa shape index (κ3) is 6.26. The first kappa shape index (κ1) is 29.4. The molecule has 2 aliphatic heterocycles. The molecular weight excluding hydrogens is 538 g/mol. The van der Waals surface area contributed by atoms with Crippen molar-refractivity contribution in [3.63, 3.8) is 0 Å². The van der Waals surface area contributed by atoms with Crippen LogP contribution in [0, 0.1) is 20.8 Å². The highest BCUT2D eigenvalue weighted by molar-refractivity contribution is 8.15. The number of nitrogens with one attached hydrogen (secondary N) is 1. The van der Waals surface area contributed by atoms with Crippen molar-refractivity contribution >= 4 is 34.7 Å². The second-order valence-electron chi connectivity index (χ2n) is 10.3. The average molecular weight is 572 g/mol. The number of thioether (sulfide) groups is 1. The second-order valence-corrected chi connectivity index (χ2v) is 11.5. The number of ketones is 1. The minimum absolute atomic E-state index is 0.0644. The number of ether oxygens (including phenoxy) is 4. The van der Waals surface area contributed by atoms with Crippen molar-refractivity contribution in [3.05, 3.63) is 52.1 Å². The number of benzene rings is 2. The van der Waals surface area contributed by atoms with Gasteiger partial charge in [0.1, 0.15) is 29.5 Å². The lowest BCUT2D eigenvalue weighted by atomic mass is 9.86. The summed E-state index contributed by atoms with van der Waals surface area (Å²) in [7, 11) is 1.49. The molecule has 10 nitrogen and oxygen atoms in total. The van der Waals surface area contributed by atoms with E-state index in [0.717, 1.165) is 17.3 Å². The maximum absolute atomic E-state index is 13.4. The van der Waals surface area contributed by atoms with Crippen molar-refractivity contribution in [2.24, 2.45) is 0 Å². The summed E-state index contributed by atoms with van der Waals surface area (Å²) in [4.78, 5) is 48.4. The third-order valence-corrected chi connectivity index (χ3v) is 8.10. The van der Waals surface area contributed by atoms with E-state index in [9.17, 15) is 24.3 Å². The molecule has 3 unspecified atom stereocenters. The van der Waals surface area contributed by atoms with Gasteiger partial charge in [0.2, 0.25) is 5.91 Å². The maximum Gasteiger partial charge on any atom is 0.344 e. The predicted molar refractivity (Wildman–Crippen MR) is 148 cm³/mol. The predicted octanol–water partition coefficient (Wildman–Crippen LogP) is 4.18. The maximum atomic E-state index is 13.4. The van der Waals surface area contributed by atoms with Crippen LogP contribution in [0.25, 0.3) is 0 Å². The molecule has 3 atom stereocenters. The van der Waals surface area contributed by atoms with Crippen LogP contribution in [-0.4, -0.2) is 65.3 Å². The molecule has 2 aliphatic rings. The number of Topliss-reactive ketones (excluding diaryl/α,β-unsaturated/α-hetero) is 1. The zero-order valence-corrected chi connectivity index (χ0v) is 23.9. The van der Waals surface area contributed by atoms with Gasteiger partial charge in [-0.2, -0.15) is 0 Å². The standard InChI is InChI=1S/C29H33NO9S/c1-15-16(2)25-23(17(3)24(15)38-21(27(33)34)10-11-36-5)20(31)13-29(4,39-25)14-37-19-8-6-18(7-9-19)12-22-26(32)30-28(35)40-22/h6-9,21-22H,10-14H2,1-5H3,(H,33,34)(H,30,32,35). The van der Waals surface area contributed by atoms with Gasteiger partial charge in [-0.15, -0.1) is 0 Å². The van der Waals surface area contributed by atoms with Crippen LogP contribution in [0.2, 0.25) is 0 Å². The van der Waals surface area contributed by atoms with Gasteiger partial charge in [-0.05, 0) is 62.9 Å². The van der Waals surface area contributed by atoms with Gasteiger partial charge in [-0.1, -0.05) is 23.9 Å². The highest BCUT2D eigenvalue weighted by Gasteiger charge is 2.41. The Balaban J connectivity index is 1.48. The average Bonchev–Trinajstić information content (AvgIpc) is 3.22. The van der Waals surface area contributed by atoms with Gasteiger partial charge in [0.25, 0.3) is 5.24 Å². The number of methoxy groups -OCH3 is 1. The molecule has 1 fully saturated rings. The van der Waals surface area contributed by atoms with E-state index in [1.165, 1.54) is 7.11 Å². The number of carboxylic acid groups (broad SMARTS) is 1. The number of imide groups is 1. The lowest BCUT2D eigenvalue weighted by molar-refractivity contribution is -0.145. The first-order valence-electron chi connectivity index (χ1n) is 12.9. The van der Waals surface area contributed by atoms with Gasteiger partial charge in [-0.3, -0.25) is 19.7 Å². The molecule has 2 amide bonds. The van der Waals surface area contributed by atoms with Crippen molar-refractivity contribution in [1.29, 1.82) is 0 Å². The van der Waals surface area contributed by atoms with E-state index in [1.807, 2.05) is 32.9 Å². The van der Waals surface area contributed by atoms with E-state index in [4.69, 9.17) is 18.9 Å². The van der Waals surface area contributed by atoms with Crippen molar-refractivity contribution in [2.45, 2.75) is 63.9 Å². The first-order chi connectivity index (χ1) is 18.9. The molecule has 214 valence electrons. The number of hydrogen-bond donors (Lipinski definition) is 2. The molecule has 0 saturated carbocycles. The Morgan fingerprint density at radius 1 is 1.15 bits per heavy atom. The molecule has 2 aromatic carbocycles. The van der Waals surface area contributed by atoms with E-state index >= 15 is 0 Å². The number of hydrogen-bond acceptors (Lipinski definition) is 9. The number of aliphatic carboxylic acids is 1. The monoisotopic (exact) mass is 571 g/mol. The van der Waals surface area contributed by atoms with Crippen LogP contribution in [0.1, 0.15) is 52.4 Å². The molecule has 40 heavy (non-hydrogen) atoms. The van der Waals surface area contributed by atoms with E-state index in [1.54, 1.807) is 19.1 Å². The highest BCUT2D eigenvalue weighted by Crippen LogP contribution is 2.44. The molecule has 0 aromatic heterocycles. The highest BCUT2D eigenvalue weighted by atomic mass is 32.2. The molecule has 4 rings (SSSR count). The second kappa shape index (κ2) is 11.9. The number of carbonyl (C=O) groups excluding carboxylic acids is 3. The van der Waals surface area contributed by atoms with Gasteiger partial charge in [0.15, 0.2) is 11.9 Å². The Morgan fingerprint density at radius 3 is 2.45 bits per heavy atom. The number of amides is 2. The van der Waals surface area contributed by atoms with Crippen LogP contribution in [0.5, 0.6) is 17.2 Å². The van der Waals surface area contributed by atoms with Crippen LogP contribution in [0.4, 0.5) is 4.79 Å². The number of rotatable bonds is 11. The summed E-state index contributed by atoms with van der Waals surface area (Å²) in [5.74, 6) is -0.131. The largest absolute Gasteiger partial charge is 0.489 e. The van der Waals surface area contributed by atoms with E-state index in [-0.39, 0.29) is 43.0 Å². The quantitative estimate of drug-likeness (QED) is 0.404. The molecule has 0 aliphatic carbocycles. The summed E-state index contributed by atoms with van der Waals surface area (Å²) in [6.07, 6.45) is -0.459. The molecule has 2 aromatic rings. The topological polar surface area (TPSA) is 137 Å². The zero-order valence-electron chi connectivity index (χ0n) is 23.1. The summed E-state index contributed by atoms with van der Waals surface area (Å²) in [6.45, 7) is 7.52. The Morgan fingerprint density at radius 2 is 1.85 bits per heavy atom. The SMILES string of the molecule is COCCC(Oc1c(C)c(C)c2c(c1C)C(=O)CC(C)(COc1ccc(CC3SC(=O)NC3=O)cc1)O2)C(=O)O. The lowest BCUT2D eigenvalue weighted by Crippen LogP contribution is -2.45. The van der Waals surface area contributed by atoms with Crippen LogP contribution in [0.15, 0.2) is 24.3 Å². The van der Waals surface area contributed by atoms with Gasteiger partial charge in [0, 0.05) is 19.1 Å². The normalized spacial score (nSPS) is 20.9. The molecule has 2 heterocycles. The molecule has 11 heteroatoms. The zero-order chi connectivity index (χ0) is 29.2. The van der Waals surface area contributed by atoms with Crippen LogP contribution >= 0.6 is 11.8 Å². The van der Waals surface area contributed by atoms with Gasteiger partial charge in [0.05, 0.1) is 23.8 Å². The smallest absolute Gasteiger partial charge is 0.344 e. The summed E-state index contributed by atoms with van der Waals surface area (Å²) in [5.41, 5.74) is 2.29. The minimum Gasteiger partial charge on any atom is -0.489 e. The summed E-state index contributed by atoms with van der Waals surface area (Å²) >= 11 is 0.988. The number of carboxylic acids is 1. The molecule has 0 bridgehead atoms. The van der Waals surface area contributed by atoms with Crippen molar-refractivity contribution < 1.29 is 43.2 Å². The Hall–Kier alpha value is -3.57. The van der Waals surface area contributed by atoms with Crippen LogP contribution in [-0.2, 0) is 20.7 Å². The minimum atomic E-state index is -1.11.